The van der Waals surface area contributed by atoms with Crippen LogP contribution < -0.4 is 11.1 Å². The van der Waals surface area contributed by atoms with Crippen LogP contribution in [0.25, 0.3) is 0 Å². The van der Waals surface area contributed by atoms with E-state index in [9.17, 15) is 58.2 Å². The van der Waals surface area contributed by atoms with Crippen LogP contribution in [0, 0.1) is 11.3 Å². The number of hydrogen-bond acceptors (Lipinski definition) is 6. The van der Waals surface area contributed by atoms with E-state index < -0.39 is 91.6 Å². The van der Waals surface area contributed by atoms with Crippen molar-refractivity contribution in [1.82, 2.24) is 0 Å². The summed E-state index contributed by atoms with van der Waals surface area (Å²) in [4.78, 5) is 23.4. The summed E-state index contributed by atoms with van der Waals surface area (Å²) in [6.45, 7) is 1.18. The van der Waals surface area contributed by atoms with Gasteiger partial charge in [0, 0.05) is 51.6 Å². The maximum atomic E-state index is 13.3. The maximum absolute atomic E-state index is 13.3. The van der Waals surface area contributed by atoms with Gasteiger partial charge in [0.2, 0.25) is 5.91 Å². The summed E-state index contributed by atoms with van der Waals surface area (Å²) >= 11 is 0. The summed E-state index contributed by atoms with van der Waals surface area (Å²) in [5.74, 6) is -6.79. The smallest absolute Gasteiger partial charge is 0.380 e. The number of rotatable bonds is 22. The topological polar surface area (TPSA) is 150 Å². The molecule has 0 aliphatic carbocycles. The Balaban J connectivity index is 2.64. The Hall–Kier alpha value is -2.65. The van der Waals surface area contributed by atoms with Gasteiger partial charge in [0.05, 0.1) is 17.2 Å². The van der Waals surface area contributed by atoms with Gasteiger partial charge in [-0.3, -0.25) is 18.0 Å². The molecule has 8 nitrogen and oxygen atoms in total. The van der Waals surface area contributed by atoms with E-state index >= 15 is 0 Å². The molecule has 1 aromatic rings. The number of aliphatic hydroxyl groups is 1. The molecule has 1 aromatic carbocycles. The van der Waals surface area contributed by atoms with E-state index in [0.29, 0.717) is 57.4 Å². The SMILES string of the molecule is CC(O)(CCCCCCS(=O)C(CCCCCCC(N)=O)S(=O)CCCC(F)(F)C(F)(F)F)C(=O)Nc1ccc(C#N)c(C(F)(F)F)c1. The Morgan fingerprint density at radius 2 is 1.44 bits per heavy atom. The van der Waals surface area contributed by atoms with Crippen LogP contribution in [0.3, 0.4) is 0 Å². The van der Waals surface area contributed by atoms with Gasteiger partial charge in [-0.1, -0.05) is 38.5 Å². The molecular formula is C30H41F8N3O5S2. The van der Waals surface area contributed by atoms with E-state index in [-0.39, 0.29) is 30.7 Å². The van der Waals surface area contributed by atoms with Crippen molar-refractivity contribution in [3.05, 3.63) is 29.3 Å². The molecule has 0 heterocycles. The highest BCUT2D eigenvalue weighted by Crippen LogP contribution is 2.39. The Kier molecular flexibility index (Phi) is 17.6. The van der Waals surface area contributed by atoms with Crippen molar-refractivity contribution in [3.8, 4) is 6.07 Å². The number of nitriles is 1. The Labute approximate surface area is 279 Å². The summed E-state index contributed by atoms with van der Waals surface area (Å²) in [6, 6.07) is 4.02. The second-order valence-corrected chi connectivity index (χ2v) is 15.4. The Bertz CT molecular complexity index is 1300. The zero-order valence-corrected chi connectivity index (χ0v) is 28.0. The fraction of sp³-hybridized carbons (Fsp3) is 0.700. The first-order valence-corrected chi connectivity index (χ1v) is 18.0. The molecule has 0 aromatic heterocycles. The highest BCUT2D eigenvalue weighted by atomic mass is 32.2. The molecular weight excluding hydrogens is 698 g/mol. The van der Waals surface area contributed by atoms with Crippen LogP contribution in [0.1, 0.15) is 102 Å². The van der Waals surface area contributed by atoms with Gasteiger partial charge in [-0.2, -0.15) is 40.4 Å². The van der Waals surface area contributed by atoms with Crippen LogP contribution in [0.2, 0.25) is 0 Å². The number of benzene rings is 1. The van der Waals surface area contributed by atoms with Gasteiger partial charge in [-0.15, -0.1) is 0 Å². The fourth-order valence-corrected chi connectivity index (χ4v) is 8.43. The monoisotopic (exact) mass is 739 g/mol. The lowest BCUT2D eigenvalue weighted by Gasteiger charge is -2.23. The third kappa shape index (κ3) is 15.3. The van der Waals surface area contributed by atoms with Crippen molar-refractivity contribution in [1.29, 1.82) is 5.26 Å². The number of hydrogen-bond donors (Lipinski definition) is 3. The highest BCUT2D eigenvalue weighted by Gasteiger charge is 2.56. The third-order valence-electron chi connectivity index (χ3n) is 7.40. The van der Waals surface area contributed by atoms with Crippen molar-refractivity contribution in [2.45, 2.75) is 119 Å². The van der Waals surface area contributed by atoms with Crippen LogP contribution >= 0.6 is 0 Å². The molecule has 48 heavy (non-hydrogen) atoms. The molecule has 18 heteroatoms. The summed E-state index contributed by atoms with van der Waals surface area (Å²) in [7, 11) is -3.65. The molecule has 0 saturated heterocycles. The predicted octanol–water partition coefficient (Wildman–Crippen LogP) is 6.84. The number of carbonyl (C=O) groups excluding carboxylic acids is 2. The Morgan fingerprint density at radius 1 is 0.875 bits per heavy atom. The van der Waals surface area contributed by atoms with Crippen LogP contribution in [0.4, 0.5) is 40.8 Å². The third-order valence-corrected chi connectivity index (χ3v) is 11.7. The van der Waals surface area contributed by atoms with Gasteiger partial charge in [0.1, 0.15) is 10.2 Å². The number of unbranched alkanes of at least 4 members (excludes halogenated alkanes) is 6. The average Bonchev–Trinajstić information content (AvgIpc) is 2.96. The van der Waals surface area contributed by atoms with E-state index in [1.165, 1.54) is 13.0 Å². The molecule has 0 saturated carbocycles. The molecule has 274 valence electrons. The zero-order valence-electron chi connectivity index (χ0n) is 26.4. The van der Waals surface area contributed by atoms with Gasteiger partial charge in [-0.05, 0) is 57.2 Å². The molecule has 4 N–H and O–H groups in total. The van der Waals surface area contributed by atoms with E-state index in [0.717, 1.165) is 12.1 Å². The fourth-order valence-electron chi connectivity index (χ4n) is 4.59. The summed E-state index contributed by atoms with van der Waals surface area (Å²) in [5.41, 5.74) is 0.993. The summed E-state index contributed by atoms with van der Waals surface area (Å²) in [6.07, 6.45) is -8.84. The second-order valence-electron chi connectivity index (χ2n) is 11.6. The van der Waals surface area contributed by atoms with Crippen molar-refractivity contribution in [2.24, 2.45) is 5.73 Å². The molecule has 4 unspecified atom stereocenters. The first-order chi connectivity index (χ1) is 22.1. The molecule has 0 spiro atoms. The molecule has 0 radical (unpaired) electrons. The number of alkyl halides is 8. The minimum Gasteiger partial charge on any atom is -0.380 e. The minimum atomic E-state index is -5.73. The minimum absolute atomic E-state index is 0.0634. The van der Waals surface area contributed by atoms with Crippen molar-refractivity contribution in [3.63, 3.8) is 0 Å². The first kappa shape index (κ1) is 43.4. The Morgan fingerprint density at radius 3 is 2.00 bits per heavy atom. The molecule has 0 aliphatic rings. The lowest BCUT2D eigenvalue weighted by molar-refractivity contribution is -0.284. The largest absolute Gasteiger partial charge is 0.453 e. The number of halogens is 8. The number of nitrogens with one attached hydrogen (secondary N) is 1. The van der Waals surface area contributed by atoms with Crippen LogP contribution in [0.5, 0.6) is 0 Å². The predicted molar refractivity (Wildman–Crippen MR) is 165 cm³/mol. The summed E-state index contributed by atoms with van der Waals surface area (Å²) < 4.78 is 129. The molecule has 4 atom stereocenters. The molecule has 1 rings (SSSR count). The molecule has 0 bridgehead atoms. The van der Waals surface area contributed by atoms with Crippen molar-refractivity contribution < 1.29 is 58.2 Å². The number of primary amides is 1. The number of carbonyl (C=O) groups is 2. The van der Waals surface area contributed by atoms with E-state index in [4.69, 9.17) is 11.0 Å². The van der Waals surface area contributed by atoms with E-state index in [1.807, 2.05) is 0 Å². The number of nitrogens with zero attached hydrogens (tertiary/aromatic N) is 1. The second kappa shape index (κ2) is 19.5. The van der Waals surface area contributed by atoms with Crippen LogP contribution in [-0.4, -0.2) is 59.1 Å². The number of nitrogens with two attached hydrogens (primary N) is 1. The van der Waals surface area contributed by atoms with Gasteiger partial charge < -0.3 is 16.2 Å². The van der Waals surface area contributed by atoms with Crippen LogP contribution in [0.15, 0.2) is 18.2 Å². The van der Waals surface area contributed by atoms with Gasteiger partial charge >= 0.3 is 18.3 Å². The van der Waals surface area contributed by atoms with Gasteiger partial charge in [-0.25, -0.2) is 0 Å². The van der Waals surface area contributed by atoms with E-state index in [1.54, 1.807) is 0 Å². The van der Waals surface area contributed by atoms with Crippen LogP contribution in [-0.2, 0) is 37.4 Å². The zero-order chi connectivity index (χ0) is 36.8. The standard InChI is InChI=1S/C30H41F8N3O5S2/c1-27(44,26(43)41-22-14-13-21(20-39)23(19-22)29(33,34)35)15-8-4-5-9-17-47(45)25(12-7-3-2-6-11-24(40)42)48(46)18-10-16-28(31,32)30(36,37)38/h13-14,19,25,44H,2-12,15-18H2,1H3,(H2,40,42)(H,41,43). The van der Waals surface area contributed by atoms with Gasteiger partial charge in [0.15, 0.2) is 0 Å². The lowest BCUT2D eigenvalue weighted by atomic mass is 9.96. The summed E-state index contributed by atoms with van der Waals surface area (Å²) in [5, 5.41) is 21.7. The molecule has 0 aliphatic heterocycles. The maximum Gasteiger partial charge on any atom is 0.453 e. The molecule has 0 fully saturated rings. The normalized spacial score (nSPS) is 15.6. The van der Waals surface area contributed by atoms with E-state index in [2.05, 4.69) is 5.32 Å². The first-order valence-electron chi connectivity index (χ1n) is 15.2. The molecule has 2 amide bonds. The highest BCUT2D eigenvalue weighted by molar-refractivity contribution is 8.02. The van der Waals surface area contributed by atoms with Crippen molar-refractivity contribution in [2.75, 3.05) is 16.8 Å². The van der Waals surface area contributed by atoms with Gasteiger partial charge in [0.25, 0.3) is 5.91 Å². The average molecular weight is 740 g/mol. The number of anilines is 1. The quantitative estimate of drug-likeness (QED) is 0.0876. The number of amides is 2. The van der Waals surface area contributed by atoms with Crippen molar-refractivity contribution >= 4 is 39.1 Å². The lowest BCUT2D eigenvalue weighted by Crippen LogP contribution is -2.40.